The van der Waals surface area contributed by atoms with Gasteiger partial charge in [0.25, 0.3) is 0 Å². The fourth-order valence-corrected chi connectivity index (χ4v) is 4.21. The van der Waals surface area contributed by atoms with Crippen LogP contribution in [-0.2, 0) is 22.4 Å². The molecule has 2 aromatic carbocycles. The number of methoxy groups -OCH3 is 2. The van der Waals surface area contributed by atoms with E-state index in [9.17, 15) is 9.59 Å². The molecular formula is C26H26Cl2N4O4. The lowest BCUT2D eigenvalue weighted by molar-refractivity contribution is -0.117. The summed E-state index contributed by atoms with van der Waals surface area (Å²) >= 11 is 12.9. The molecule has 0 radical (unpaired) electrons. The average molecular weight is 529 g/mol. The van der Waals surface area contributed by atoms with E-state index in [-0.39, 0.29) is 28.3 Å². The Balaban J connectivity index is 1.86. The van der Waals surface area contributed by atoms with Gasteiger partial charge in [0.05, 0.1) is 36.4 Å². The fourth-order valence-electron chi connectivity index (χ4n) is 3.58. The highest BCUT2D eigenvalue weighted by molar-refractivity contribution is 6.38. The smallest absolute Gasteiger partial charge is 0.247 e. The van der Waals surface area contributed by atoms with E-state index in [2.05, 4.69) is 21.9 Å². The van der Waals surface area contributed by atoms with Gasteiger partial charge in [0.2, 0.25) is 11.8 Å². The lowest BCUT2D eigenvalue weighted by Gasteiger charge is -2.19. The molecule has 0 unspecified atom stereocenters. The SMILES string of the molecule is C=CC(=O)Nc1c(C)cccc1Cc1cc(N(C)C(=O)Cc2c(Cl)c(OC)cc(OC)c2Cl)ncn1. The van der Waals surface area contributed by atoms with Crippen LogP contribution in [0.25, 0.3) is 0 Å². The summed E-state index contributed by atoms with van der Waals surface area (Å²) in [5.41, 5.74) is 3.53. The maximum atomic E-state index is 13.1. The monoisotopic (exact) mass is 528 g/mol. The highest BCUT2D eigenvalue weighted by Gasteiger charge is 2.22. The number of aryl methyl sites for hydroxylation is 1. The standard InChI is InChI=1S/C26H26Cl2N4O4/c1-6-22(33)31-26-15(2)8-7-9-16(26)10-17-11-21(30-14-29-17)32(3)23(34)12-18-24(27)19(35-4)13-20(36-5)25(18)28/h6-9,11,13-14H,1,10,12H2,2-5H3,(H,31,33). The van der Waals surface area contributed by atoms with E-state index in [1.807, 2.05) is 25.1 Å². The van der Waals surface area contributed by atoms with E-state index in [1.165, 1.54) is 31.5 Å². The van der Waals surface area contributed by atoms with Crippen LogP contribution in [-0.4, -0.2) is 43.0 Å². The van der Waals surface area contributed by atoms with Crippen LogP contribution in [0.2, 0.25) is 10.0 Å². The Labute approximate surface area is 219 Å². The zero-order chi connectivity index (χ0) is 26.4. The van der Waals surface area contributed by atoms with E-state index in [4.69, 9.17) is 32.7 Å². The molecule has 1 heterocycles. The van der Waals surface area contributed by atoms with Crippen molar-refractivity contribution in [2.45, 2.75) is 19.8 Å². The molecule has 36 heavy (non-hydrogen) atoms. The zero-order valence-corrected chi connectivity index (χ0v) is 21.9. The molecule has 8 nitrogen and oxygen atoms in total. The van der Waals surface area contributed by atoms with Crippen molar-refractivity contribution in [3.8, 4) is 11.5 Å². The van der Waals surface area contributed by atoms with Gasteiger partial charge in [0.1, 0.15) is 23.6 Å². The predicted molar refractivity (Wildman–Crippen MR) is 142 cm³/mol. The quantitative estimate of drug-likeness (QED) is 0.391. The predicted octanol–water partition coefficient (Wildman–Crippen LogP) is 5.03. The van der Waals surface area contributed by atoms with Crippen LogP contribution < -0.4 is 19.7 Å². The molecule has 10 heteroatoms. The Kier molecular flexibility index (Phi) is 8.90. The van der Waals surface area contributed by atoms with E-state index >= 15 is 0 Å². The number of halogens is 2. The van der Waals surface area contributed by atoms with Crippen molar-refractivity contribution in [1.82, 2.24) is 9.97 Å². The van der Waals surface area contributed by atoms with E-state index < -0.39 is 0 Å². The zero-order valence-electron chi connectivity index (χ0n) is 20.4. The number of hydrogen-bond donors (Lipinski definition) is 1. The number of nitrogens with one attached hydrogen (secondary N) is 1. The van der Waals surface area contributed by atoms with Gasteiger partial charge in [-0.3, -0.25) is 14.5 Å². The number of ether oxygens (including phenoxy) is 2. The Bertz CT molecular complexity index is 1290. The van der Waals surface area contributed by atoms with Crippen LogP contribution >= 0.6 is 23.2 Å². The number of carbonyl (C=O) groups excluding carboxylic acids is 2. The molecule has 0 saturated heterocycles. The Morgan fingerprint density at radius 2 is 1.78 bits per heavy atom. The van der Waals surface area contributed by atoms with Gasteiger partial charge in [-0.25, -0.2) is 9.97 Å². The molecular weight excluding hydrogens is 503 g/mol. The maximum Gasteiger partial charge on any atom is 0.247 e. The Hall–Kier alpha value is -3.62. The summed E-state index contributed by atoms with van der Waals surface area (Å²) in [7, 11) is 4.55. The summed E-state index contributed by atoms with van der Waals surface area (Å²) in [6.07, 6.45) is 2.92. The summed E-state index contributed by atoms with van der Waals surface area (Å²) < 4.78 is 10.6. The summed E-state index contributed by atoms with van der Waals surface area (Å²) in [5, 5.41) is 3.33. The second-order valence-corrected chi connectivity index (χ2v) is 8.62. The second kappa shape index (κ2) is 11.9. The first-order valence-electron chi connectivity index (χ1n) is 10.9. The van der Waals surface area contributed by atoms with Gasteiger partial charge in [-0.15, -0.1) is 0 Å². The van der Waals surface area contributed by atoms with E-state index in [1.54, 1.807) is 19.2 Å². The number of likely N-dealkylation sites (N-methyl/N-ethyl adjacent to an activating group) is 1. The fraction of sp³-hybridized carbons (Fsp3) is 0.231. The van der Waals surface area contributed by atoms with Gasteiger partial charge >= 0.3 is 0 Å². The Morgan fingerprint density at radius 1 is 1.11 bits per heavy atom. The number of carbonyl (C=O) groups is 2. The number of benzene rings is 2. The molecule has 1 aromatic heterocycles. The third-order valence-electron chi connectivity index (χ3n) is 5.58. The number of para-hydroxylation sites is 1. The minimum absolute atomic E-state index is 0.101. The molecule has 0 bridgehead atoms. The summed E-state index contributed by atoms with van der Waals surface area (Å²) in [5.74, 6) is 0.505. The molecule has 0 atom stereocenters. The van der Waals surface area contributed by atoms with Gasteiger partial charge in [0.15, 0.2) is 0 Å². The summed E-state index contributed by atoms with van der Waals surface area (Å²) in [4.78, 5) is 35.1. The number of aromatic nitrogens is 2. The van der Waals surface area contributed by atoms with Crippen LogP contribution in [0.3, 0.4) is 0 Å². The van der Waals surface area contributed by atoms with Crippen LogP contribution in [0.15, 0.2) is 49.3 Å². The largest absolute Gasteiger partial charge is 0.495 e. The molecule has 0 saturated carbocycles. The molecule has 0 aliphatic carbocycles. The van der Waals surface area contributed by atoms with Gasteiger partial charge in [0, 0.05) is 36.9 Å². The summed E-state index contributed by atoms with van der Waals surface area (Å²) in [6, 6.07) is 9.00. The topological polar surface area (TPSA) is 93.7 Å². The highest BCUT2D eigenvalue weighted by atomic mass is 35.5. The average Bonchev–Trinajstić information content (AvgIpc) is 2.88. The van der Waals surface area contributed by atoms with E-state index in [0.717, 1.165) is 11.1 Å². The first-order chi connectivity index (χ1) is 17.2. The maximum absolute atomic E-state index is 13.1. The van der Waals surface area contributed by atoms with Crippen LogP contribution in [0.4, 0.5) is 11.5 Å². The molecule has 188 valence electrons. The van der Waals surface area contributed by atoms with Crippen molar-refractivity contribution in [3.05, 3.63) is 81.7 Å². The Morgan fingerprint density at radius 3 is 2.39 bits per heavy atom. The van der Waals surface area contributed by atoms with Crippen molar-refractivity contribution in [2.24, 2.45) is 0 Å². The van der Waals surface area contributed by atoms with Gasteiger partial charge in [-0.05, 0) is 24.1 Å². The van der Waals surface area contributed by atoms with Crippen LogP contribution in [0.1, 0.15) is 22.4 Å². The molecule has 3 aromatic rings. The molecule has 2 amide bonds. The van der Waals surface area contributed by atoms with Gasteiger partial charge < -0.3 is 14.8 Å². The minimum atomic E-state index is -0.300. The molecule has 0 fully saturated rings. The number of anilines is 2. The van der Waals surface area contributed by atoms with Crippen molar-refractivity contribution < 1.29 is 19.1 Å². The van der Waals surface area contributed by atoms with Crippen molar-refractivity contribution in [3.63, 3.8) is 0 Å². The van der Waals surface area contributed by atoms with Gasteiger partial charge in [-0.2, -0.15) is 0 Å². The number of rotatable bonds is 9. The normalized spacial score (nSPS) is 10.5. The molecule has 0 aliphatic heterocycles. The van der Waals surface area contributed by atoms with Crippen molar-refractivity contribution in [2.75, 3.05) is 31.5 Å². The molecule has 0 spiro atoms. The van der Waals surface area contributed by atoms with Crippen LogP contribution in [0.5, 0.6) is 11.5 Å². The number of nitrogens with zero attached hydrogens (tertiary/aromatic N) is 3. The lowest BCUT2D eigenvalue weighted by atomic mass is 10.0. The molecule has 0 aliphatic rings. The number of amides is 2. The first-order valence-corrected chi connectivity index (χ1v) is 11.6. The molecule has 1 N–H and O–H groups in total. The van der Waals surface area contributed by atoms with Crippen LogP contribution in [0, 0.1) is 6.92 Å². The minimum Gasteiger partial charge on any atom is -0.495 e. The summed E-state index contributed by atoms with van der Waals surface area (Å²) in [6.45, 7) is 5.41. The van der Waals surface area contributed by atoms with E-state index in [0.29, 0.717) is 40.7 Å². The van der Waals surface area contributed by atoms with Gasteiger partial charge in [-0.1, -0.05) is 48.0 Å². The van der Waals surface area contributed by atoms with Crippen molar-refractivity contribution >= 4 is 46.5 Å². The van der Waals surface area contributed by atoms with Crippen molar-refractivity contribution in [1.29, 1.82) is 0 Å². The molecule has 3 rings (SSSR count). The third kappa shape index (κ3) is 5.95. The third-order valence-corrected chi connectivity index (χ3v) is 6.41. The second-order valence-electron chi connectivity index (χ2n) is 7.86. The first kappa shape index (κ1) is 27.0. The number of hydrogen-bond acceptors (Lipinski definition) is 6. The lowest BCUT2D eigenvalue weighted by Crippen LogP contribution is -2.29. The highest BCUT2D eigenvalue weighted by Crippen LogP contribution is 2.40.